The Morgan fingerprint density at radius 2 is 2.21 bits per heavy atom. The molecule has 0 saturated heterocycles. The van der Waals surface area contributed by atoms with Crippen molar-refractivity contribution in [2.75, 3.05) is 0 Å². The van der Waals surface area contributed by atoms with Crippen LogP contribution in [0.3, 0.4) is 0 Å². The predicted octanol–water partition coefficient (Wildman–Crippen LogP) is 2.71. The first-order valence-corrected chi connectivity index (χ1v) is 5.87. The van der Waals surface area contributed by atoms with Crippen molar-refractivity contribution in [2.45, 2.75) is 0 Å². The normalized spacial score (nSPS) is 10.5. The van der Waals surface area contributed by atoms with Crippen LogP contribution in [0.15, 0.2) is 22.8 Å². The first-order valence-electron chi connectivity index (χ1n) is 5.07. The van der Waals surface area contributed by atoms with Crippen molar-refractivity contribution in [1.82, 2.24) is 9.78 Å². The largest absolute Gasteiger partial charge is 0.305 e. The fraction of sp³-hybridized carbons (Fsp3) is 0.0909. The van der Waals surface area contributed by atoms with Gasteiger partial charge in [-0.25, -0.2) is 0 Å². The van der Waals surface area contributed by atoms with Crippen LogP contribution in [0.2, 0.25) is 0 Å². The van der Waals surface area contributed by atoms with Crippen LogP contribution in [0.25, 0.3) is 11.3 Å². The highest BCUT2D eigenvalue weighted by atomic mass is 79.9. The minimum atomic E-state index is -0.934. The molecule has 1 aromatic carbocycles. The zero-order valence-corrected chi connectivity index (χ0v) is 11.2. The van der Waals surface area contributed by atoms with Crippen LogP contribution >= 0.6 is 15.9 Å². The lowest BCUT2D eigenvalue weighted by Crippen LogP contribution is -1.94. The Morgan fingerprint density at radius 3 is 2.79 bits per heavy atom. The fourth-order valence-electron chi connectivity index (χ4n) is 1.64. The average molecular weight is 328 g/mol. The van der Waals surface area contributed by atoms with E-state index in [1.807, 2.05) is 0 Å². The van der Waals surface area contributed by atoms with E-state index in [9.17, 15) is 19.3 Å². The van der Waals surface area contributed by atoms with Gasteiger partial charge in [-0.05, 0) is 28.1 Å². The molecule has 2 aromatic rings. The number of nitro benzene ring substituents is 1. The number of nitro groups is 1. The minimum Gasteiger partial charge on any atom is -0.298 e. The Labute approximate surface area is 115 Å². The maximum absolute atomic E-state index is 13.3. The summed E-state index contributed by atoms with van der Waals surface area (Å²) in [6, 6.07) is 3.37. The van der Waals surface area contributed by atoms with Crippen LogP contribution in [0.4, 0.5) is 10.1 Å². The Bertz CT molecular complexity index is 684. The van der Waals surface area contributed by atoms with Gasteiger partial charge in [0, 0.05) is 18.7 Å². The smallest absolute Gasteiger partial charge is 0.298 e. The summed E-state index contributed by atoms with van der Waals surface area (Å²) < 4.78 is 15.1. The summed E-state index contributed by atoms with van der Waals surface area (Å²) in [6.45, 7) is 0. The molecule has 0 fully saturated rings. The summed E-state index contributed by atoms with van der Waals surface area (Å²) in [5.41, 5.74) is 0.156. The third-order valence-electron chi connectivity index (χ3n) is 2.55. The standard InChI is InChI=1S/C11H7BrFN3O3/c1-15-11(12)7(5-17)10(14-15)6-2-3-8(13)9(4-6)16(18)19/h2-5H,1H3. The quantitative estimate of drug-likeness (QED) is 0.493. The Morgan fingerprint density at radius 1 is 1.53 bits per heavy atom. The number of carbonyl (C=O) groups is 1. The third-order valence-corrected chi connectivity index (χ3v) is 3.49. The van der Waals surface area contributed by atoms with E-state index in [2.05, 4.69) is 21.0 Å². The number of aryl methyl sites for hydroxylation is 1. The number of benzene rings is 1. The second-order valence-corrected chi connectivity index (χ2v) is 4.47. The molecule has 19 heavy (non-hydrogen) atoms. The minimum absolute atomic E-state index is 0.253. The SMILES string of the molecule is Cn1nc(-c2ccc(F)c([N+](=O)[O-])c2)c(C=O)c1Br. The van der Waals surface area contributed by atoms with E-state index < -0.39 is 16.4 Å². The van der Waals surface area contributed by atoms with Crippen molar-refractivity contribution in [3.8, 4) is 11.3 Å². The zero-order valence-electron chi connectivity index (χ0n) is 9.63. The topological polar surface area (TPSA) is 78.0 Å². The van der Waals surface area contributed by atoms with Crippen molar-refractivity contribution < 1.29 is 14.1 Å². The third kappa shape index (κ3) is 2.26. The number of rotatable bonds is 3. The van der Waals surface area contributed by atoms with Gasteiger partial charge < -0.3 is 0 Å². The molecule has 0 radical (unpaired) electrons. The molecule has 0 amide bonds. The Hall–Kier alpha value is -2.09. The van der Waals surface area contributed by atoms with Crippen molar-refractivity contribution >= 4 is 27.9 Å². The van der Waals surface area contributed by atoms with E-state index in [-0.39, 0.29) is 11.3 Å². The van der Waals surface area contributed by atoms with E-state index in [4.69, 9.17) is 0 Å². The molecule has 2 rings (SSSR count). The number of hydrogen-bond donors (Lipinski definition) is 0. The summed E-state index contributed by atoms with van der Waals surface area (Å²) in [5.74, 6) is -0.934. The highest BCUT2D eigenvalue weighted by molar-refractivity contribution is 9.10. The molecule has 0 aliphatic heterocycles. The predicted molar refractivity (Wildman–Crippen MR) is 68.3 cm³/mol. The monoisotopic (exact) mass is 327 g/mol. The highest BCUT2D eigenvalue weighted by Crippen LogP contribution is 2.30. The van der Waals surface area contributed by atoms with Gasteiger partial charge >= 0.3 is 5.69 Å². The molecular weight excluding hydrogens is 321 g/mol. The van der Waals surface area contributed by atoms with Gasteiger partial charge in [-0.15, -0.1) is 0 Å². The number of aldehydes is 1. The number of carbonyl (C=O) groups excluding carboxylic acids is 1. The lowest BCUT2D eigenvalue weighted by atomic mass is 10.1. The average Bonchev–Trinajstić information content (AvgIpc) is 2.65. The van der Waals surface area contributed by atoms with Crippen molar-refractivity contribution in [3.63, 3.8) is 0 Å². The lowest BCUT2D eigenvalue weighted by Gasteiger charge is -1.99. The van der Waals surface area contributed by atoms with Gasteiger partial charge in [0.1, 0.15) is 10.3 Å². The first kappa shape index (κ1) is 13.3. The molecule has 0 atom stereocenters. The molecule has 0 N–H and O–H groups in total. The number of halogens is 2. The van der Waals surface area contributed by atoms with Gasteiger partial charge in [-0.3, -0.25) is 19.6 Å². The molecule has 6 nitrogen and oxygen atoms in total. The van der Waals surface area contributed by atoms with Crippen LogP contribution in [-0.4, -0.2) is 21.0 Å². The lowest BCUT2D eigenvalue weighted by molar-refractivity contribution is -0.387. The summed E-state index contributed by atoms with van der Waals surface area (Å²) >= 11 is 3.18. The van der Waals surface area contributed by atoms with Gasteiger partial charge in [0.15, 0.2) is 6.29 Å². The summed E-state index contributed by atoms with van der Waals surface area (Å²) in [4.78, 5) is 20.9. The summed E-state index contributed by atoms with van der Waals surface area (Å²) in [6.07, 6.45) is 0.585. The maximum atomic E-state index is 13.3. The Balaban J connectivity index is 2.66. The van der Waals surface area contributed by atoms with Crippen LogP contribution in [0.5, 0.6) is 0 Å². The molecular formula is C11H7BrFN3O3. The van der Waals surface area contributed by atoms with Gasteiger partial charge in [0.2, 0.25) is 5.82 Å². The van der Waals surface area contributed by atoms with Crippen molar-refractivity contribution in [1.29, 1.82) is 0 Å². The molecule has 8 heteroatoms. The molecule has 0 spiro atoms. The van der Waals surface area contributed by atoms with E-state index >= 15 is 0 Å². The molecule has 0 unspecified atom stereocenters. The second kappa shape index (κ2) is 4.88. The molecule has 98 valence electrons. The van der Waals surface area contributed by atoms with Crippen molar-refractivity contribution in [3.05, 3.63) is 44.3 Å². The van der Waals surface area contributed by atoms with Crippen LogP contribution in [0, 0.1) is 15.9 Å². The molecule has 0 saturated carbocycles. The molecule has 0 aliphatic carbocycles. The van der Waals surface area contributed by atoms with Crippen LogP contribution in [-0.2, 0) is 7.05 Å². The molecule has 1 aromatic heterocycles. The maximum Gasteiger partial charge on any atom is 0.305 e. The van der Waals surface area contributed by atoms with Crippen LogP contribution < -0.4 is 0 Å². The van der Waals surface area contributed by atoms with Crippen LogP contribution in [0.1, 0.15) is 10.4 Å². The molecule has 1 heterocycles. The number of nitrogens with zero attached hydrogens (tertiary/aromatic N) is 3. The molecule has 0 aliphatic rings. The van der Waals surface area contributed by atoms with E-state index in [1.54, 1.807) is 7.05 Å². The van der Waals surface area contributed by atoms with Gasteiger partial charge in [-0.2, -0.15) is 9.49 Å². The van der Waals surface area contributed by atoms with E-state index in [0.717, 1.165) is 12.1 Å². The van der Waals surface area contributed by atoms with Crippen molar-refractivity contribution in [2.24, 2.45) is 7.05 Å². The second-order valence-electron chi connectivity index (χ2n) is 3.72. The van der Waals surface area contributed by atoms with E-state index in [1.165, 1.54) is 10.7 Å². The van der Waals surface area contributed by atoms with Gasteiger partial charge in [0.05, 0.1) is 10.5 Å². The van der Waals surface area contributed by atoms with E-state index in [0.29, 0.717) is 16.5 Å². The van der Waals surface area contributed by atoms with Gasteiger partial charge in [0.25, 0.3) is 0 Å². The Kier molecular flexibility index (Phi) is 3.43. The first-order chi connectivity index (χ1) is 8.95. The highest BCUT2D eigenvalue weighted by Gasteiger charge is 2.20. The van der Waals surface area contributed by atoms with Gasteiger partial charge in [-0.1, -0.05) is 0 Å². The fourth-order valence-corrected chi connectivity index (χ4v) is 2.00. The summed E-state index contributed by atoms with van der Waals surface area (Å²) in [7, 11) is 1.61. The summed E-state index contributed by atoms with van der Waals surface area (Å²) in [5, 5.41) is 14.8. The number of aromatic nitrogens is 2. The number of hydrogen-bond acceptors (Lipinski definition) is 4. The molecule has 0 bridgehead atoms. The zero-order chi connectivity index (χ0) is 14.2.